The third-order valence-corrected chi connectivity index (χ3v) is 5.00. The molecule has 11 heteroatoms. The second-order valence-electron chi connectivity index (χ2n) is 8.64. The Balaban J connectivity index is 3.01. The number of hydrogen-bond acceptors (Lipinski definition) is 9. The molecule has 0 bridgehead atoms. The fraction of sp³-hybridized carbons (Fsp3) is 0.826. The van der Waals surface area contributed by atoms with Gasteiger partial charge in [0.25, 0.3) is 0 Å². The van der Waals surface area contributed by atoms with Crippen LogP contribution in [0, 0.1) is 6.92 Å². The second kappa shape index (κ2) is 17.2. The summed E-state index contributed by atoms with van der Waals surface area (Å²) in [6.07, 6.45) is 1.36. The monoisotopic (exact) mass is 485 g/mol. The lowest BCUT2D eigenvalue weighted by atomic mass is 9.97. The lowest BCUT2D eigenvalue weighted by Gasteiger charge is -2.35. The zero-order valence-corrected chi connectivity index (χ0v) is 22.2. The summed E-state index contributed by atoms with van der Waals surface area (Å²) in [5.41, 5.74) is 0.225. The van der Waals surface area contributed by atoms with E-state index < -0.39 is 25.3 Å². The first kappa shape index (κ1) is 30.7. The van der Waals surface area contributed by atoms with Crippen molar-refractivity contribution in [3.63, 3.8) is 0 Å². The highest BCUT2D eigenvalue weighted by atomic mass is 16.6. The minimum Gasteiger partial charge on any atom is -0.397 e. The minimum atomic E-state index is -0.706. The zero-order valence-electron chi connectivity index (χ0n) is 22.2. The van der Waals surface area contributed by atoms with Gasteiger partial charge in [-0.05, 0) is 31.5 Å². The third kappa shape index (κ3) is 10.9. The van der Waals surface area contributed by atoms with Crippen molar-refractivity contribution in [2.45, 2.75) is 72.4 Å². The fourth-order valence-corrected chi connectivity index (χ4v) is 3.47. The second-order valence-corrected chi connectivity index (χ2v) is 8.64. The van der Waals surface area contributed by atoms with Crippen molar-refractivity contribution in [1.29, 1.82) is 0 Å². The molecule has 1 aromatic heterocycles. The Hall–Kier alpha value is -1.34. The molecular weight excluding hydrogens is 441 g/mol. The first-order valence-electron chi connectivity index (χ1n) is 12.0. The van der Waals surface area contributed by atoms with E-state index in [0.29, 0.717) is 25.5 Å². The summed E-state index contributed by atoms with van der Waals surface area (Å²) in [4.78, 5) is 18.7. The van der Waals surface area contributed by atoms with Crippen molar-refractivity contribution in [1.82, 2.24) is 14.4 Å². The molecule has 0 N–H and O–H groups in total. The average molecular weight is 485 g/mol. The third-order valence-electron chi connectivity index (χ3n) is 5.00. The van der Waals surface area contributed by atoms with E-state index in [1.54, 1.807) is 33.4 Å². The van der Waals surface area contributed by atoms with Crippen molar-refractivity contribution in [2.75, 3.05) is 53.9 Å². The van der Waals surface area contributed by atoms with Crippen LogP contribution in [0.3, 0.4) is 0 Å². The maximum absolute atomic E-state index is 12.5. The van der Waals surface area contributed by atoms with E-state index in [1.807, 2.05) is 0 Å². The summed E-state index contributed by atoms with van der Waals surface area (Å²) < 4.78 is 36.0. The van der Waals surface area contributed by atoms with Gasteiger partial charge in [-0.15, -0.1) is 0 Å². The van der Waals surface area contributed by atoms with E-state index in [1.165, 1.54) is 4.57 Å². The number of ether oxygens (including phenoxy) is 4. The van der Waals surface area contributed by atoms with Gasteiger partial charge in [-0.1, -0.05) is 34.6 Å². The van der Waals surface area contributed by atoms with Crippen LogP contribution in [0.5, 0.6) is 0 Å². The molecule has 10 nitrogen and oxygen atoms in total. The Morgan fingerprint density at radius 2 is 1.71 bits per heavy atom. The van der Waals surface area contributed by atoms with E-state index in [0.717, 1.165) is 6.42 Å². The van der Waals surface area contributed by atoms with Crippen LogP contribution < -0.4 is 5.69 Å². The quantitative estimate of drug-likeness (QED) is 0.216. The summed E-state index contributed by atoms with van der Waals surface area (Å²) in [6.45, 7) is 14.3. The number of aromatic nitrogens is 2. The summed E-state index contributed by atoms with van der Waals surface area (Å²) in [5.74, 6) is 0. The molecule has 0 radical (unpaired) electrons. The van der Waals surface area contributed by atoms with Crippen LogP contribution in [0.1, 0.15) is 53.0 Å². The van der Waals surface area contributed by atoms with Crippen LogP contribution >= 0.6 is 0 Å². The van der Waals surface area contributed by atoms with Gasteiger partial charge in [0.15, 0.2) is 6.23 Å². The van der Waals surface area contributed by atoms with Gasteiger partial charge in [-0.3, -0.25) is 9.38 Å². The van der Waals surface area contributed by atoms with Gasteiger partial charge in [0.05, 0.1) is 33.0 Å². The number of aryl methyl sites for hydroxylation is 1. The van der Waals surface area contributed by atoms with Crippen LogP contribution in [0.2, 0.25) is 0 Å². The van der Waals surface area contributed by atoms with Crippen molar-refractivity contribution in [3.05, 3.63) is 28.4 Å². The van der Waals surface area contributed by atoms with Gasteiger partial charge in [0.1, 0.15) is 6.10 Å². The Bertz CT molecular complexity index is 712. The molecule has 34 heavy (non-hydrogen) atoms. The molecule has 1 aromatic rings. The molecule has 2 unspecified atom stereocenters. The van der Waals surface area contributed by atoms with Crippen molar-refractivity contribution in [2.24, 2.45) is 0 Å². The molecule has 0 aliphatic rings. The standard InChI is InChI=1S/C23H44BN3O7/c1-9-12-32-24(27(18(2)3)19(4)5)33-16-21(15-30-8)34-22(17-31-14-13-29-7)26-11-10-20(6)25-23(26)28/h10-11,18-19,21-22H,9,12-17H2,1-8H3. The molecule has 0 spiro atoms. The Kier molecular flexibility index (Phi) is 15.5. The van der Waals surface area contributed by atoms with E-state index in [9.17, 15) is 4.79 Å². The largest absolute Gasteiger partial charge is 0.558 e. The Morgan fingerprint density at radius 3 is 2.26 bits per heavy atom. The molecular formula is C23H44BN3O7. The molecule has 0 saturated carbocycles. The highest BCUT2D eigenvalue weighted by molar-refractivity contribution is 6.41. The number of rotatable bonds is 19. The van der Waals surface area contributed by atoms with Gasteiger partial charge < -0.3 is 28.3 Å². The van der Waals surface area contributed by atoms with Crippen LogP contribution in [-0.2, 0) is 28.3 Å². The average Bonchev–Trinajstić information content (AvgIpc) is 2.77. The number of nitrogens with zero attached hydrogens (tertiary/aromatic N) is 3. The van der Waals surface area contributed by atoms with Gasteiger partial charge in [0.2, 0.25) is 0 Å². The topological polar surface area (TPSA) is 93.5 Å². The van der Waals surface area contributed by atoms with Crippen LogP contribution in [-0.4, -0.2) is 93.7 Å². The van der Waals surface area contributed by atoms with E-state index in [2.05, 4.69) is 44.4 Å². The first-order valence-corrected chi connectivity index (χ1v) is 12.0. The lowest BCUT2D eigenvalue weighted by Crippen LogP contribution is -2.53. The molecule has 0 aromatic carbocycles. The van der Waals surface area contributed by atoms with Crippen molar-refractivity contribution < 1.29 is 28.3 Å². The van der Waals surface area contributed by atoms with Crippen LogP contribution in [0.25, 0.3) is 0 Å². The molecule has 1 rings (SSSR count). The summed E-state index contributed by atoms with van der Waals surface area (Å²) in [5, 5.41) is 0. The zero-order chi connectivity index (χ0) is 25.5. The van der Waals surface area contributed by atoms with Crippen molar-refractivity contribution >= 4 is 7.25 Å². The van der Waals surface area contributed by atoms with Crippen LogP contribution in [0.4, 0.5) is 0 Å². The van der Waals surface area contributed by atoms with E-state index >= 15 is 0 Å². The molecule has 2 atom stereocenters. The first-order chi connectivity index (χ1) is 16.2. The summed E-state index contributed by atoms with van der Waals surface area (Å²) in [6, 6.07) is 2.21. The molecule has 1 heterocycles. The molecule has 0 amide bonds. The van der Waals surface area contributed by atoms with E-state index in [-0.39, 0.29) is 31.9 Å². The van der Waals surface area contributed by atoms with Gasteiger partial charge in [-0.25, -0.2) is 4.79 Å². The predicted molar refractivity (Wildman–Crippen MR) is 132 cm³/mol. The van der Waals surface area contributed by atoms with Gasteiger partial charge >= 0.3 is 12.9 Å². The predicted octanol–water partition coefficient (Wildman–Crippen LogP) is 2.29. The smallest absolute Gasteiger partial charge is 0.397 e. The molecule has 196 valence electrons. The van der Waals surface area contributed by atoms with Gasteiger partial charge in [0, 0.05) is 32.7 Å². The normalized spacial score (nSPS) is 13.7. The van der Waals surface area contributed by atoms with Gasteiger partial charge in [-0.2, -0.15) is 4.98 Å². The Labute approximate surface area is 205 Å². The highest BCUT2D eigenvalue weighted by Gasteiger charge is 2.34. The lowest BCUT2D eigenvalue weighted by molar-refractivity contribution is -0.130. The number of methoxy groups -OCH3 is 2. The van der Waals surface area contributed by atoms with Crippen molar-refractivity contribution in [3.8, 4) is 0 Å². The maximum Gasteiger partial charge on any atom is 0.558 e. The highest BCUT2D eigenvalue weighted by Crippen LogP contribution is 2.15. The minimum absolute atomic E-state index is 0.147. The number of hydrogen-bond donors (Lipinski definition) is 0. The van der Waals surface area contributed by atoms with E-state index in [4.69, 9.17) is 28.3 Å². The molecule has 0 aliphatic carbocycles. The molecule has 0 aliphatic heterocycles. The summed E-state index contributed by atoms with van der Waals surface area (Å²) >= 11 is 0. The van der Waals surface area contributed by atoms with Crippen LogP contribution in [0.15, 0.2) is 17.1 Å². The summed E-state index contributed by atoms with van der Waals surface area (Å²) in [7, 11) is 2.68. The maximum atomic E-state index is 12.5. The molecule has 0 fully saturated rings. The Morgan fingerprint density at radius 1 is 1.00 bits per heavy atom. The molecule has 0 saturated heterocycles. The fourth-order valence-electron chi connectivity index (χ4n) is 3.47. The SMILES string of the molecule is CCCOB(OCC(COC)OC(COCCOC)n1ccc(C)nc1=O)N(C(C)C)C(C)C.